The normalized spacial score (nSPS) is 29.2. The van der Waals surface area contributed by atoms with Gasteiger partial charge in [0.2, 0.25) is 0 Å². The molecule has 1 aliphatic carbocycles. The number of anilines is 1. The average Bonchev–Trinajstić information content (AvgIpc) is 2.34. The lowest BCUT2D eigenvalue weighted by molar-refractivity contribution is -0.0596. The van der Waals surface area contributed by atoms with E-state index in [1.165, 1.54) is 0 Å². The summed E-state index contributed by atoms with van der Waals surface area (Å²) in [6, 6.07) is 0. The SMILES string of the molecule is COC1(c2ncc(I)c(N)n2)CCC(C)CC1. The van der Waals surface area contributed by atoms with Gasteiger partial charge < -0.3 is 10.5 Å². The summed E-state index contributed by atoms with van der Waals surface area (Å²) < 4.78 is 6.62. The number of nitrogen functional groups attached to an aromatic ring is 1. The van der Waals surface area contributed by atoms with Crippen LogP contribution in [0.2, 0.25) is 0 Å². The molecule has 1 fully saturated rings. The van der Waals surface area contributed by atoms with Crippen molar-refractivity contribution in [3.05, 3.63) is 15.6 Å². The predicted molar refractivity (Wildman–Crippen MR) is 75.5 cm³/mol. The fourth-order valence-electron chi connectivity index (χ4n) is 2.35. The molecule has 1 aromatic heterocycles. The van der Waals surface area contributed by atoms with E-state index in [0.29, 0.717) is 5.82 Å². The summed E-state index contributed by atoms with van der Waals surface area (Å²) in [7, 11) is 1.74. The predicted octanol–water partition coefficient (Wildman–Crippen LogP) is 2.72. The Bertz CT molecular complexity index is 403. The van der Waals surface area contributed by atoms with Crippen LogP contribution < -0.4 is 5.73 Å². The molecule has 17 heavy (non-hydrogen) atoms. The molecule has 1 saturated carbocycles. The highest BCUT2D eigenvalue weighted by Crippen LogP contribution is 2.40. The van der Waals surface area contributed by atoms with Crippen LogP contribution in [-0.4, -0.2) is 17.1 Å². The van der Waals surface area contributed by atoms with Gasteiger partial charge in [-0.3, -0.25) is 0 Å². The molecule has 0 radical (unpaired) electrons. The zero-order valence-electron chi connectivity index (χ0n) is 10.2. The highest BCUT2D eigenvalue weighted by atomic mass is 127. The molecule has 5 heteroatoms. The molecule has 1 aromatic rings. The Kier molecular flexibility index (Phi) is 3.87. The van der Waals surface area contributed by atoms with Crippen molar-refractivity contribution in [2.45, 2.75) is 38.2 Å². The van der Waals surface area contributed by atoms with Gasteiger partial charge in [-0.15, -0.1) is 0 Å². The molecule has 0 amide bonds. The molecule has 0 aromatic carbocycles. The van der Waals surface area contributed by atoms with E-state index >= 15 is 0 Å². The number of hydrogen-bond acceptors (Lipinski definition) is 4. The lowest BCUT2D eigenvalue weighted by atomic mass is 9.79. The van der Waals surface area contributed by atoms with E-state index in [-0.39, 0.29) is 5.60 Å². The minimum Gasteiger partial charge on any atom is -0.383 e. The minimum atomic E-state index is -0.328. The third-order valence-corrected chi connectivity index (χ3v) is 4.48. The van der Waals surface area contributed by atoms with Crippen molar-refractivity contribution < 1.29 is 4.74 Å². The molecule has 1 heterocycles. The molecule has 0 aliphatic heterocycles. The van der Waals surface area contributed by atoms with Gasteiger partial charge in [-0.25, -0.2) is 9.97 Å². The Morgan fingerprint density at radius 2 is 2.12 bits per heavy atom. The molecule has 2 N–H and O–H groups in total. The van der Waals surface area contributed by atoms with E-state index in [1.807, 2.05) is 0 Å². The Balaban J connectivity index is 2.31. The van der Waals surface area contributed by atoms with Gasteiger partial charge in [-0.05, 0) is 54.2 Å². The Hall–Kier alpha value is -0.430. The van der Waals surface area contributed by atoms with Crippen molar-refractivity contribution in [3.63, 3.8) is 0 Å². The summed E-state index contributed by atoms with van der Waals surface area (Å²) in [6.45, 7) is 2.28. The monoisotopic (exact) mass is 347 g/mol. The van der Waals surface area contributed by atoms with Crippen molar-refractivity contribution in [3.8, 4) is 0 Å². The van der Waals surface area contributed by atoms with Gasteiger partial charge in [0.15, 0.2) is 5.82 Å². The number of halogens is 1. The van der Waals surface area contributed by atoms with Gasteiger partial charge in [-0.2, -0.15) is 0 Å². The summed E-state index contributed by atoms with van der Waals surface area (Å²) in [5, 5.41) is 0. The van der Waals surface area contributed by atoms with E-state index in [4.69, 9.17) is 10.5 Å². The lowest BCUT2D eigenvalue weighted by Crippen LogP contribution is -2.35. The van der Waals surface area contributed by atoms with Crippen molar-refractivity contribution >= 4 is 28.4 Å². The zero-order valence-corrected chi connectivity index (χ0v) is 12.4. The first-order valence-corrected chi connectivity index (χ1v) is 6.99. The van der Waals surface area contributed by atoms with E-state index < -0.39 is 0 Å². The lowest BCUT2D eigenvalue weighted by Gasteiger charge is -2.36. The topological polar surface area (TPSA) is 61.0 Å². The van der Waals surface area contributed by atoms with Crippen molar-refractivity contribution in [2.75, 3.05) is 12.8 Å². The van der Waals surface area contributed by atoms with Crippen molar-refractivity contribution in [1.82, 2.24) is 9.97 Å². The summed E-state index contributed by atoms with van der Waals surface area (Å²) >= 11 is 2.14. The largest absolute Gasteiger partial charge is 0.383 e. The second-order valence-corrected chi connectivity index (χ2v) is 5.97. The van der Waals surface area contributed by atoms with Gasteiger partial charge in [0.1, 0.15) is 11.4 Å². The van der Waals surface area contributed by atoms with Crippen LogP contribution in [0, 0.1) is 9.49 Å². The van der Waals surface area contributed by atoms with Gasteiger partial charge in [0.05, 0.1) is 3.57 Å². The molecule has 0 spiro atoms. The first-order chi connectivity index (χ1) is 8.07. The summed E-state index contributed by atoms with van der Waals surface area (Å²) in [4.78, 5) is 8.81. The van der Waals surface area contributed by atoms with Gasteiger partial charge in [-0.1, -0.05) is 6.92 Å². The van der Waals surface area contributed by atoms with Gasteiger partial charge in [0.25, 0.3) is 0 Å². The number of methoxy groups -OCH3 is 1. The average molecular weight is 347 g/mol. The number of aromatic nitrogens is 2. The summed E-state index contributed by atoms with van der Waals surface area (Å²) in [5.41, 5.74) is 5.53. The molecule has 2 rings (SSSR count). The van der Waals surface area contributed by atoms with Gasteiger partial charge in [0, 0.05) is 13.3 Å². The fraction of sp³-hybridized carbons (Fsp3) is 0.667. The highest BCUT2D eigenvalue weighted by Gasteiger charge is 2.38. The molecule has 0 atom stereocenters. The van der Waals surface area contributed by atoms with Crippen LogP contribution in [0.5, 0.6) is 0 Å². The van der Waals surface area contributed by atoms with Crippen LogP contribution >= 0.6 is 22.6 Å². The standard InChI is InChI=1S/C12H18IN3O/c1-8-3-5-12(17-2,6-4-8)11-15-7-9(13)10(14)16-11/h7-8H,3-6H2,1-2H3,(H2,14,15,16). The molecule has 4 nitrogen and oxygen atoms in total. The van der Waals surface area contributed by atoms with Gasteiger partial charge >= 0.3 is 0 Å². The number of nitrogens with zero attached hydrogens (tertiary/aromatic N) is 2. The summed E-state index contributed by atoms with van der Waals surface area (Å²) in [5.74, 6) is 2.05. The maximum absolute atomic E-state index is 5.85. The molecule has 1 aliphatic rings. The quantitative estimate of drug-likeness (QED) is 0.836. The molecular formula is C12H18IN3O. The van der Waals surface area contributed by atoms with Crippen molar-refractivity contribution in [2.24, 2.45) is 5.92 Å². The smallest absolute Gasteiger partial charge is 0.162 e. The minimum absolute atomic E-state index is 0.328. The molecular weight excluding hydrogens is 329 g/mol. The Labute approximate surface area is 115 Å². The number of nitrogens with two attached hydrogens (primary N) is 1. The second-order valence-electron chi connectivity index (χ2n) is 4.81. The zero-order chi connectivity index (χ0) is 12.5. The van der Waals surface area contributed by atoms with Crippen LogP contribution in [0.25, 0.3) is 0 Å². The molecule has 0 unspecified atom stereocenters. The highest BCUT2D eigenvalue weighted by molar-refractivity contribution is 14.1. The fourth-order valence-corrected chi connectivity index (χ4v) is 2.61. The van der Waals surface area contributed by atoms with E-state index in [9.17, 15) is 0 Å². The molecule has 0 bridgehead atoms. The van der Waals surface area contributed by atoms with E-state index in [2.05, 4.69) is 39.5 Å². The third-order valence-electron chi connectivity index (χ3n) is 3.65. The van der Waals surface area contributed by atoms with Crippen LogP contribution in [0.3, 0.4) is 0 Å². The maximum Gasteiger partial charge on any atom is 0.162 e. The number of hydrogen-bond donors (Lipinski definition) is 1. The van der Waals surface area contributed by atoms with Crippen LogP contribution in [0.15, 0.2) is 6.20 Å². The molecule has 94 valence electrons. The summed E-state index contributed by atoms with van der Waals surface area (Å²) in [6.07, 6.45) is 6.04. The first-order valence-electron chi connectivity index (χ1n) is 5.91. The number of rotatable bonds is 2. The third kappa shape index (κ3) is 2.54. The van der Waals surface area contributed by atoms with Crippen LogP contribution in [0.4, 0.5) is 5.82 Å². The molecule has 0 saturated heterocycles. The Morgan fingerprint density at radius 1 is 1.47 bits per heavy atom. The number of ether oxygens (including phenoxy) is 1. The van der Waals surface area contributed by atoms with Crippen molar-refractivity contribution in [1.29, 1.82) is 0 Å². The second kappa shape index (κ2) is 5.06. The maximum atomic E-state index is 5.85. The van der Waals surface area contributed by atoms with E-state index in [1.54, 1.807) is 13.3 Å². The first kappa shape index (κ1) is 13.0. The van der Waals surface area contributed by atoms with E-state index in [0.717, 1.165) is 41.0 Å². The Morgan fingerprint density at radius 3 is 2.65 bits per heavy atom. The van der Waals surface area contributed by atoms with Crippen LogP contribution in [0.1, 0.15) is 38.4 Å². The van der Waals surface area contributed by atoms with Crippen LogP contribution in [-0.2, 0) is 10.3 Å².